The molecule has 2 rings (SSSR count). The maximum Gasteiger partial charge on any atom is 0.335 e. The molecule has 0 heterocycles. The van der Waals surface area contributed by atoms with E-state index in [1.54, 1.807) is 18.2 Å². The molecule has 0 spiro atoms. The zero-order valence-corrected chi connectivity index (χ0v) is 13.3. The minimum Gasteiger partial charge on any atom is -0.478 e. The van der Waals surface area contributed by atoms with Crippen LogP contribution in [0.25, 0.3) is 10.8 Å². The Bertz CT molecular complexity index is 543. The van der Waals surface area contributed by atoms with Crippen LogP contribution >= 0.6 is 28.5 Å². The Labute approximate surface area is 121 Å². The smallest absolute Gasteiger partial charge is 0.335 e. The standard InChI is InChI=1S/C11H8IO3P.C2H6/c12-16-15-10-4-3-7-5-9(11(13)14)2-1-8(7)6-10;1-2/h1-6,16H,(H,13,14);1-2H3. The van der Waals surface area contributed by atoms with Gasteiger partial charge in [0.15, 0.2) is 0 Å². The van der Waals surface area contributed by atoms with Crippen LogP contribution in [0.15, 0.2) is 36.4 Å². The first-order valence-corrected chi connectivity index (χ1v) is 9.52. The zero-order chi connectivity index (χ0) is 13.5. The van der Waals surface area contributed by atoms with Gasteiger partial charge in [0.2, 0.25) is 0 Å². The van der Waals surface area contributed by atoms with E-state index in [0.717, 1.165) is 16.5 Å². The van der Waals surface area contributed by atoms with Gasteiger partial charge in [-0.05, 0) is 57.1 Å². The van der Waals surface area contributed by atoms with Gasteiger partial charge in [0, 0.05) is 0 Å². The monoisotopic (exact) mass is 376 g/mol. The molecule has 0 aliphatic rings. The van der Waals surface area contributed by atoms with E-state index in [9.17, 15) is 4.79 Å². The Kier molecular flexibility index (Phi) is 6.36. The zero-order valence-electron chi connectivity index (χ0n) is 10.1. The number of hydrogen-bond donors (Lipinski definition) is 1. The molecule has 18 heavy (non-hydrogen) atoms. The van der Waals surface area contributed by atoms with Gasteiger partial charge < -0.3 is 9.63 Å². The molecule has 5 heteroatoms. The Hall–Kier alpha value is -0.870. The number of rotatable bonds is 3. The Morgan fingerprint density at radius 1 is 1.17 bits per heavy atom. The summed E-state index contributed by atoms with van der Waals surface area (Å²) >= 11 is 2.16. The molecule has 2 aromatic carbocycles. The first kappa shape index (κ1) is 15.2. The summed E-state index contributed by atoms with van der Waals surface area (Å²) in [7, 11) is 0. The van der Waals surface area contributed by atoms with Crippen LogP contribution in [-0.2, 0) is 0 Å². The van der Waals surface area contributed by atoms with Crippen LogP contribution in [0.4, 0.5) is 0 Å². The highest BCUT2D eigenvalue weighted by atomic mass is 127. The second-order valence-electron chi connectivity index (χ2n) is 3.21. The first-order chi connectivity index (χ1) is 8.70. The van der Waals surface area contributed by atoms with Gasteiger partial charge in [-0.2, -0.15) is 0 Å². The van der Waals surface area contributed by atoms with Gasteiger partial charge in [-0.25, -0.2) is 4.79 Å². The van der Waals surface area contributed by atoms with Crippen LogP contribution in [0.3, 0.4) is 0 Å². The molecule has 0 amide bonds. The van der Waals surface area contributed by atoms with E-state index in [1.807, 2.05) is 32.0 Å². The lowest BCUT2D eigenvalue weighted by Crippen LogP contribution is -1.95. The summed E-state index contributed by atoms with van der Waals surface area (Å²) in [5.41, 5.74) is 0.303. The highest BCUT2D eigenvalue weighted by Gasteiger charge is 2.04. The molecule has 0 saturated carbocycles. The van der Waals surface area contributed by atoms with Gasteiger partial charge in [-0.1, -0.05) is 26.0 Å². The highest BCUT2D eigenvalue weighted by molar-refractivity contribution is 14.2. The summed E-state index contributed by atoms with van der Waals surface area (Å²) in [6.07, 6.45) is 0. The third-order valence-electron chi connectivity index (χ3n) is 2.22. The summed E-state index contributed by atoms with van der Waals surface area (Å²) in [5.74, 6) is -0.0979. The van der Waals surface area contributed by atoms with Gasteiger partial charge in [-0.15, -0.1) is 0 Å². The lowest BCUT2D eigenvalue weighted by atomic mass is 10.1. The Balaban J connectivity index is 0.000000771. The van der Waals surface area contributed by atoms with Crippen molar-refractivity contribution in [2.24, 2.45) is 0 Å². The SMILES string of the molecule is CC.O=C(O)c1ccc2cc(OPI)ccc2c1. The molecule has 0 bridgehead atoms. The number of fused-ring (bicyclic) bond motifs is 1. The van der Waals surface area contributed by atoms with Crippen molar-refractivity contribution in [1.29, 1.82) is 0 Å². The summed E-state index contributed by atoms with van der Waals surface area (Å²) in [6, 6.07) is 10.7. The van der Waals surface area contributed by atoms with Crippen LogP contribution in [0, 0.1) is 0 Å². The predicted octanol–water partition coefficient (Wildman–Crippen LogP) is 4.89. The fourth-order valence-corrected chi connectivity index (χ4v) is 2.44. The number of carbonyl (C=O) groups is 1. The number of halogens is 1. The number of carboxylic acids is 1. The number of carboxylic acid groups (broad SMARTS) is 1. The van der Waals surface area contributed by atoms with Gasteiger partial charge in [0.25, 0.3) is 0 Å². The van der Waals surface area contributed by atoms with E-state index in [2.05, 4.69) is 22.0 Å². The average Bonchev–Trinajstić information content (AvgIpc) is 2.40. The van der Waals surface area contributed by atoms with Gasteiger partial charge in [-0.3, -0.25) is 0 Å². The Morgan fingerprint density at radius 2 is 1.78 bits per heavy atom. The van der Waals surface area contributed by atoms with Crippen molar-refractivity contribution in [2.75, 3.05) is 0 Å². The molecule has 0 aliphatic heterocycles. The van der Waals surface area contributed by atoms with Crippen molar-refractivity contribution in [3.8, 4) is 5.75 Å². The van der Waals surface area contributed by atoms with Crippen LogP contribution in [0.5, 0.6) is 5.75 Å². The molecule has 0 radical (unpaired) electrons. The van der Waals surface area contributed by atoms with E-state index in [1.165, 1.54) is 0 Å². The second-order valence-corrected chi connectivity index (χ2v) is 4.89. The summed E-state index contributed by atoms with van der Waals surface area (Å²) in [4.78, 5) is 10.8. The highest BCUT2D eigenvalue weighted by Crippen LogP contribution is 2.29. The van der Waals surface area contributed by atoms with E-state index in [4.69, 9.17) is 9.63 Å². The van der Waals surface area contributed by atoms with Crippen molar-refractivity contribution in [3.05, 3.63) is 42.0 Å². The summed E-state index contributed by atoms with van der Waals surface area (Å²) in [6.45, 7) is 4.38. The maximum atomic E-state index is 10.8. The molecule has 1 unspecified atom stereocenters. The fourth-order valence-electron chi connectivity index (χ4n) is 1.46. The normalized spacial score (nSPS) is 10.2. The molecule has 1 atom stereocenters. The Morgan fingerprint density at radius 3 is 2.39 bits per heavy atom. The first-order valence-electron chi connectivity index (χ1n) is 5.50. The third kappa shape index (κ3) is 3.82. The van der Waals surface area contributed by atoms with Crippen LogP contribution in [-0.4, -0.2) is 11.1 Å². The van der Waals surface area contributed by atoms with Crippen molar-refractivity contribution in [1.82, 2.24) is 0 Å². The molecule has 1 N–H and O–H groups in total. The summed E-state index contributed by atoms with van der Waals surface area (Å²) < 4.78 is 5.39. The number of aromatic carboxylic acids is 1. The fraction of sp³-hybridized carbons (Fsp3) is 0.154. The average molecular weight is 376 g/mol. The minimum atomic E-state index is -0.907. The molecule has 0 saturated heterocycles. The largest absolute Gasteiger partial charge is 0.478 e. The van der Waals surface area contributed by atoms with Gasteiger partial charge >= 0.3 is 5.97 Å². The number of benzene rings is 2. The molecule has 2 aromatic rings. The van der Waals surface area contributed by atoms with Gasteiger partial charge in [0.1, 0.15) is 12.2 Å². The van der Waals surface area contributed by atoms with E-state index >= 15 is 0 Å². The lowest BCUT2D eigenvalue weighted by molar-refractivity contribution is 0.0697. The maximum absolute atomic E-state index is 10.8. The topological polar surface area (TPSA) is 46.5 Å². The van der Waals surface area contributed by atoms with Crippen molar-refractivity contribution in [2.45, 2.75) is 13.8 Å². The minimum absolute atomic E-state index is 0.303. The molecule has 96 valence electrons. The van der Waals surface area contributed by atoms with Crippen molar-refractivity contribution in [3.63, 3.8) is 0 Å². The molecular weight excluding hydrogens is 362 g/mol. The van der Waals surface area contributed by atoms with E-state index < -0.39 is 5.97 Å². The number of hydrogen-bond acceptors (Lipinski definition) is 2. The van der Waals surface area contributed by atoms with Crippen molar-refractivity contribution < 1.29 is 14.4 Å². The van der Waals surface area contributed by atoms with Crippen LogP contribution in [0.1, 0.15) is 24.2 Å². The quantitative estimate of drug-likeness (QED) is 0.613. The van der Waals surface area contributed by atoms with E-state index in [0.29, 0.717) is 12.0 Å². The summed E-state index contributed by atoms with van der Waals surface area (Å²) in [5, 5.41) is 10.7. The molecule has 3 nitrogen and oxygen atoms in total. The second kappa shape index (κ2) is 7.54. The third-order valence-corrected chi connectivity index (χ3v) is 3.19. The molecule has 0 aliphatic carbocycles. The molecule has 0 aromatic heterocycles. The van der Waals surface area contributed by atoms with Crippen LogP contribution < -0.4 is 4.52 Å². The molecular formula is C13H14IO3P. The van der Waals surface area contributed by atoms with Crippen LogP contribution in [0.2, 0.25) is 0 Å². The van der Waals surface area contributed by atoms with Crippen molar-refractivity contribution >= 4 is 45.2 Å². The van der Waals surface area contributed by atoms with E-state index in [-0.39, 0.29) is 0 Å². The van der Waals surface area contributed by atoms with Gasteiger partial charge in [0.05, 0.1) is 5.56 Å². The lowest BCUT2D eigenvalue weighted by Gasteiger charge is -2.04. The predicted molar refractivity (Wildman–Crippen MR) is 85.2 cm³/mol. The molecule has 0 fully saturated rings.